The third kappa shape index (κ3) is 4.21. The lowest BCUT2D eigenvalue weighted by molar-refractivity contribution is -0.125. The number of likely N-dealkylation sites (tertiary alicyclic amines) is 1. The first-order valence-corrected chi connectivity index (χ1v) is 7.83. The first kappa shape index (κ1) is 16.8. The van der Waals surface area contributed by atoms with Gasteiger partial charge in [0.2, 0.25) is 11.8 Å². The lowest BCUT2D eigenvalue weighted by Crippen LogP contribution is -2.44. The number of amides is 2. The first-order chi connectivity index (χ1) is 10.4. The van der Waals surface area contributed by atoms with Crippen LogP contribution in [0, 0.1) is 19.8 Å². The Labute approximate surface area is 135 Å². The second kappa shape index (κ2) is 7.11. The van der Waals surface area contributed by atoms with E-state index in [0.717, 1.165) is 30.5 Å². The van der Waals surface area contributed by atoms with Gasteiger partial charge >= 0.3 is 0 Å². The summed E-state index contributed by atoms with van der Waals surface area (Å²) >= 11 is 6.20. The maximum Gasteiger partial charge on any atom is 0.238 e. The molecule has 0 spiro atoms. The van der Waals surface area contributed by atoms with Crippen molar-refractivity contribution in [3.63, 3.8) is 0 Å². The highest BCUT2D eigenvalue weighted by atomic mass is 35.5. The number of rotatable bonds is 4. The van der Waals surface area contributed by atoms with Gasteiger partial charge < -0.3 is 11.1 Å². The number of benzene rings is 1. The van der Waals surface area contributed by atoms with Gasteiger partial charge in [0.05, 0.1) is 23.2 Å². The number of nitrogens with two attached hydrogens (primary N) is 1. The van der Waals surface area contributed by atoms with Crippen molar-refractivity contribution >= 4 is 29.1 Å². The van der Waals surface area contributed by atoms with Crippen molar-refractivity contribution in [2.24, 2.45) is 11.7 Å². The van der Waals surface area contributed by atoms with E-state index in [2.05, 4.69) is 5.32 Å². The normalized spacial score (nSPS) is 19.0. The number of carbonyl (C=O) groups excluding carboxylic acids is 2. The summed E-state index contributed by atoms with van der Waals surface area (Å²) in [6, 6.07) is 3.81. The molecule has 1 atom stereocenters. The van der Waals surface area contributed by atoms with Gasteiger partial charge in [0.15, 0.2) is 0 Å². The molecule has 5 nitrogen and oxygen atoms in total. The number of halogens is 1. The number of primary amides is 1. The summed E-state index contributed by atoms with van der Waals surface area (Å²) in [4.78, 5) is 25.5. The molecule has 1 fully saturated rings. The molecule has 1 aromatic carbocycles. The van der Waals surface area contributed by atoms with Crippen LogP contribution in [0.1, 0.15) is 24.0 Å². The molecule has 1 aromatic rings. The molecular formula is C16H22ClN3O2. The lowest BCUT2D eigenvalue weighted by Gasteiger charge is -2.30. The zero-order valence-corrected chi connectivity index (χ0v) is 13.7. The third-order valence-electron chi connectivity index (χ3n) is 3.97. The standard InChI is InChI=1S/C16H22ClN3O2/c1-10-6-11(2)15(13(17)7-10)19-14(21)9-20-5-3-4-12(8-20)16(18)22/h6-7,12H,3-5,8-9H2,1-2H3,(H2,18,22)(H,19,21)/t12-/m1/s1. The Morgan fingerprint density at radius 3 is 2.77 bits per heavy atom. The molecule has 1 saturated heterocycles. The largest absolute Gasteiger partial charge is 0.369 e. The van der Waals surface area contributed by atoms with Gasteiger partial charge in [-0.05, 0) is 50.4 Å². The summed E-state index contributed by atoms with van der Waals surface area (Å²) in [6.07, 6.45) is 1.68. The summed E-state index contributed by atoms with van der Waals surface area (Å²) in [6.45, 7) is 5.47. The van der Waals surface area contributed by atoms with Gasteiger partial charge in [-0.15, -0.1) is 0 Å². The minimum Gasteiger partial charge on any atom is -0.369 e. The summed E-state index contributed by atoms with van der Waals surface area (Å²) < 4.78 is 0. The molecule has 1 aliphatic rings. The highest BCUT2D eigenvalue weighted by molar-refractivity contribution is 6.34. The zero-order valence-electron chi connectivity index (χ0n) is 13.0. The number of hydrogen-bond acceptors (Lipinski definition) is 3. The van der Waals surface area contributed by atoms with Gasteiger partial charge in [0.1, 0.15) is 0 Å². The number of nitrogens with zero attached hydrogens (tertiary/aromatic N) is 1. The maximum absolute atomic E-state index is 12.2. The van der Waals surface area contributed by atoms with E-state index < -0.39 is 0 Å². The van der Waals surface area contributed by atoms with Crippen LogP contribution in [0.25, 0.3) is 0 Å². The summed E-state index contributed by atoms with van der Waals surface area (Å²) in [5.41, 5.74) is 8.00. The number of nitrogens with one attached hydrogen (secondary N) is 1. The molecule has 22 heavy (non-hydrogen) atoms. The third-order valence-corrected chi connectivity index (χ3v) is 4.27. The van der Waals surface area contributed by atoms with Crippen molar-refractivity contribution in [1.29, 1.82) is 0 Å². The van der Waals surface area contributed by atoms with E-state index in [9.17, 15) is 9.59 Å². The Balaban J connectivity index is 1.97. The van der Waals surface area contributed by atoms with Gasteiger partial charge in [-0.25, -0.2) is 0 Å². The van der Waals surface area contributed by atoms with Crippen LogP contribution in [0.5, 0.6) is 0 Å². The molecule has 120 valence electrons. The van der Waals surface area contributed by atoms with E-state index in [-0.39, 0.29) is 24.3 Å². The van der Waals surface area contributed by atoms with Crippen molar-refractivity contribution in [2.45, 2.75) is 26.7 Å². The number of anilines is 1. The van der Waals surface area contributed by atoms with Crippen LogP contribution in [0.4, 0.5) is 5.69 Å². The second-order valence-corrected chi connectivity index (χ2v) is 6.37. The van der Waals surface area contributed by atoms with E-state index in [1.165, 1.54) is 0 Å². The van der Waals surface area contributed by atoms with E-state index >= 15 is 0 Å². The summed E-state index contributed by atoms with van der Waals surface area (Å²) in [5, 5.41) is 3.41. The second-order valence-electron chi connectivity index (χ2n) is 5.96. The SMILES string of the molecule is Cc1cc(C)c(NC(=O)CN2CCC[C@@H](C(N)=O)C2)c(Cl)c1. The zero-order chi connectivity index (χ0) is 16.3. The minimum absolute atomic E-state index is 0.126. The van der Waals surface area contributed by atoms with Crippen molar-refractivity contribution in [1.82, 2.24) is 4.90 Å². The molecule has 0 unspecified atom stereocenters. The molecule has 0 saturated carbocycles. The Kier molecular flexibility index (Phi) is 5.42. The Bertz CT molecular complexity index is 566. The van der Waals surface area contributed by atoms with Crippen LogP contribution < -0.4 is 11.1 Å². The lowest BCUT2D eigenvalue weighted by atomic mass is 9.97. The van der Waals surface area contributed by atoms with E-state index in [1.807, 2.05) is 30.9 Å². The molecule has 2 amide bonds. The smallest absolute Gasteiger partial charge is 0.238 e. The highest BCUT2D eigenvalue weighted by Gasteiger charge is 2.25. The Hall–Kier alpha value is -1.59. The molecule has 3 N–H and O–H groups in total. The van der Waals surface area contributed by atoms with Gasteiger partial charge in [-0.1, -0.05) is 17.7 Å². The van der Waals surface area contributed by atoms with Crippen LogP contribution in [-0.4, -0.2) is 36.3 Å². The fourth-order valence-electron chi connectivity index (χ4n) is 2.89. The minimum atomic E-state index is -0.289. The summed E-state index contributed by atoms with van der Waals surface area (Å²) in [7, 11) is 0. The number of hydrogen-bond donors (Lipinski definition) is 2. The van der Waals surface area contributed by atoms with Crippen LogP contribution in [0.3, 0.4) is 0 Å². The van der Waals surface area contributed by atoms with Crippen LogP contribution in [0.2, 0.25) is 5.02 Å². The topological polar surface area (TPSA) is 75.4 Å². The molecule has 0 aliphatic carbocycles. The quantitative estimate of drug-likeness (QED) is 0.891. The predicted molar refractivity (Wildman–Crippen MR) is 87.9 cm³/mol. The van der Waals surface area contributed by atoms with Crippen molar-refractivity contribution in [2.75, 3.05) is 25.0 Å². The predicted octanol–water partition coefficient (Wildman–Crippen LogP) is 2.09. The van der Waals surface area contributed by atoms with Crippen molar-refractivity contribution in [3.05, 3.63) is 28.3 Å². The molecule has 2 rings (SSSR count). The van der Waals surface area contributed by atoms with Gasteiger partial charge in [-0.2, -0.15) is 0 Å². The first-order valence-electron chi connectivity index (χ1n) is 7.45. The van der Waals surface area contributed by atoms with Gasteiger partial charge in [0.25, 0.3) is 0 Å². The fraction of sp³-hybridized carbons (Fsp3) is 0.500. The Morgan fingerprint density at radius 1 is 1.41 bits per heavy atom. The van der Waals surface area contributed by atoms with Crippen molar-refractivity contribution < 1.29 is 9.59 Å². The van der Waals surface area contributed by atoms with E-state index in [4.69, 9.17) is 17.3 Å². The highest BCUT2D eigenvalue weighted by Crippen LogP contribution is 2.27. The van der Waals surface area contributed by atoms with Crippen LogP contribution in [-0.2, 0) is 9.59 Å². The fourth-order valence-corrected chi connectivity index (χ4v) is 3.26. The maximum atomic E-state index is 12.2. The molecule has 6 heteroatoms. The van der Waals surface area contributed by atoms with E-state index in [0.29, 0.717) is 17.3 Å². The number of piperidine rings is 1. The number of carbonyl (C=O) groups is 2. The summed E-state index contributed by atoms with van der Waals surface area (Å²) in [5.74, 6) is -0.576. The van der Waals surface area contributed by atoms with Gasteiger partial charge in [-0.3, -0.25) is 14.5 Å². The Morgan fingerprint density at radius 2 is 2.14 bits per heavy atom. The van der Waals surface area contributed by atoms with Gasteiger partial charge in [0, 0.05) is 6.54 Å². The molecule has 0 aromatic heterocycles. The number of aryl methyl sites for hydroxylation is 2. The molecule has 0 bridgehead atoms. The van der Waals surface area contributed by atoms with Crippen LogP contribution in [0.15, 0.2) is 12.1 Å². The monoisotopic (exact) mass is 323 g/mol. The average Bonchev–Trinajstić information content (AvgIpc) is 2.43. The molecule has 1 heterocycles. The molecule has 0 radical (unpaired) electrons. The van der Waals surface area contributed by atoms with E-state index in [1.54, 1.807) is 0 Å². The molecular weight excluding hydrogens is 302 g/mol. The average molecular weight is 324 g/mol. The van der Waals surface area contributed by atoms with Crippen molar-refractivity contribution in [3.8, 4) is 0 Å². The molecule has 1 aliphatic heterocycles. The van der Waals surface area contributed by atoms with Crippen LogP contribution >= 0.6 is 11.6 Å².